The summed E-state index contributed by atoms with van der Waals surface area (Å²) in [4.78, 5) is 25.4. The standard InChI is InChI=1S/C15H26FNO3/c1-6-7-8-11-13(16)12(18)9-10(2)17(11)14(19)20-15(3,4)5/h10-11,13H,6-9H2,1-5H3. The van der Waals surface area contributed by atoms with Gasteiger partial charge in [-0.3, -0.25) is 9.69 Å². The predicted molar refractivity (Wildman–Crippen MR) is 75.4 cm³/mol. The Hall–Kier alpha value is -1.13. The molecule has 0 aromatic carbocycles. The first-order chi connectivity index (χ1) is 9.17. The number of amides is 1. The molecule has 3 unspecified atom stereocenters. The molecule has 0 aromatic heterocycles. The molecule has 1 heterocycles. The maximum Gasteiger partial charge on any atom is 0.410 e. The summed E-state index contributed by atoms with van der Waals surface area (Å²) in [6, 6.07) is -1.01. The predicted octanol–water partition coefficient (Wildman–Crippen LogP) is 3.48. The molecule has 1 amide bonds. The first-order valence-electron chi connectivity index (χ1n) is 7.35. The monoisotopic (exact) mass is 287 g/mol. The number of likely N-dealkylation sites (tertiary alicyclic amines) is 1. The van der Waals surface area contributed by atoms with E-state index in [9.17, 15) is 14.0 Å². The number of carbonyl (C=O) groups excluding carboxylic acids is 2. The summed E-state index contributed by atoms with van der Waals surface area (Å²) in [5, 5.41) is 0. The van der Waals surface area contributed by atoms with Crippen molar-refractivity contribution in [3.05, 3.63) is 0 Å². The summed E-state index contributed by atoms with van der Waals surface area (Å²) >= 11 is 0. The van der Waals surface area contributed by atoms with Gasteiger partial charge in [-0.25, -0.2) is 9.18 Å². The van der Waals surface area contributed by atoms with Crippen molar-refractivity contribution < 1.29 is 18.7 Å². The van der Waals surface area contributed by atoms with Gasteiger partial charge in [-0.15, -0.1) is 0 Å². The van der Waals surface area contributed by atoms with E-state index in [0.717, 1.165) is 12.8 Å². The summed E-state index contributed by atoms with van der Waals surface area (Å²) in [5.41, 5.74) is -0.626. The van der Waals surface area contributed by atoms with Gasteiger partial charge in [0.1, 0.15) is 5.60 Å². The minimum atomic E-state index is -1.59. The maximum absolute atomic E-state index is 14.2. The number of piperidine rings is 1. The second kappa shape index (κ2) is 6.55. The maximum atomic E-state index is 14.2. The molecule has 0 bridgehead atoms. The van der Waals surface area contributed by atoms with Crippen LogP contribution in [0, 0.1) is 0 Å². The normalized spacial score (nSPS) is 27.6. The molecule has 1 aliphatic heterocycles. The van der Waals surface area contributed by atoms with Crippen LogP contribution in [0.25, 0.3) is 0 Å². The highest BCUT2D eigenvalue weighted by molar-refractivity contribution is 5.87. The minimum absolute atomic E-state index is 0.0586. The van der Waals surface area contributed by atoms with E-state index >= 15 is 0 Å². The van der Waals surface area contributed by atoms with Gasteiger partial charge in [-0.1, -0.05) is 19.8 Å². The Balaban J connectivity index is 2.91. The zero-order valence-corrected chi connectivity index (χ0v) is 13.1. The largest absolute Gasteiger partial charge is 0.444 e. The van der Waals surface area contributed by atoms with Crippen LogP contribution in [-0.4, -0.2) is 40.6 Å². The van der Waals surface area contributed by atoms with Crippen molar-refractivity contribution in [2.24, 2.45) is 0 Å². The number of ketones is 1. The van der Waals surface area contributed by atoms with Crippen LogP contribution in [0.4, 0.5) is 9.18 Å². The number of alkyl halides is 1. The highest BCUT2D eigenvalue weighted by Gasteiger charge is 2.44. The Kier molecular flexibility index (Phi) is 5.54. The Bertz CT molecular complexity index is 365. The zero-order valence-electron chi connectivity index (χ0n) is 13.1. The Morgan fingerprint density at radius 1 is 1.45 bits per heavy atom. The van der Waals surface area contributed by atoms with E-state index in [2.05, 4.69) is 0 Å². The van der Waals surface area contributed by atoms with Crippen LogP contribution in [0.5, 0.6) is 0 Å². The van der Waals surface area contributed by atoms with E-state index in [1.165, 1.54) is 4.90 Å². The third kappa shape index (κ3) is 4.18. The fourth-order valence-electron chi connectivity index (χ4n) is 2.51. The molecule has 0 saturated carbocycles. The van der Waals surface area contributed by atoms with Crippen molar-refractivity contribution in [1.29, 1.82) is 0 Å². The van der Waals surface area contributed by atoms with E-state index in [-0.39, 0.29) is 12.5 Å². The first kappa shape index (κ1) is 16.9. The van der Waals surface area contributed by atoms with Crippen molar-refractivity contribution >= 4 is 11.9 Å². The Labute approximate surface area is 120 Å². The van der Waals surface area contributed by atoms with Gasteiger partial charge in [-0.2, -0.15) is 0 Å². The molecule has 1 saturated heterocycles. The molecule has 4 nitrogen and oxygen atoms in total. The van der Waals surface area contributed by atoms with Crippen LogP contribution in [-0.2, 0) is 9.53 Å². The second-order valence-electron chi connectivity index (χ2n) is 6.52. The molecule has 20 heavy (non-hydrogen) atoms. The van der Waals surface area contributed by atoms with Gasteiger partial charge in [0, 0.05) is 12.5 Å². The number of rotatable bonds is 3. The van der Waals surface area contributed by atoms with Crippen molar-refractivity contribution in [2.45, 2.75) is 84.2 Å². The fraction of sp³-hybridized carbons (Fsp3) is 0.867. The summed E-state index contributed by atoms with van der Waals surface area (Å²) in [6.07, 6.45) is 0.112. The number of carbonyl (C=O) groups is 2. The summed E-state index contributed by atoms with van der Waals surface area (Å²) < 4.78 is 19.5. The first-order valence-corrected chi connectivity index (χ1v) is 7.35. The lowest BCUT2D eigenvalue weighted by atomic mass is 9.91. The van der Waals surface area contributed by atoms with Gasteiger partial charge in [-0.05, 0) is 34.1 Å². The molecular formula is C15H26FNO3. The summed E-state index contributed by atoms with van der Waals surface area (Å²) in [6.45, 7) is 9.10. The quantitative estimate of drug-likeness (QED) is 0.798. The lowest BCUT2D eigenvalue weighted by Crippen LogP contribution is -2.58. The SMILES string of the molecule is CCCCC1C(F)C(=O)CC(C)N1C(=O)OC(C)(C)C. The number of Topliss-reactive ketones (excluding diaryl/α,β-unsaturated/α-hetero) is 1. The second-order valence-corrected chi connectivity index (χ2v) is 6.52. The number of hydrogen-bond donors (Lipinski definition) is 0. The third-order valence-corrected chi connectivity index (χ3v) is 3.43. The van der Waals surface area contributed by atoms with Crippen molar-refractivity contribution in [2.75, 3.05) is 0 Å². The zero-order chi connectivity index (χ0) is 15.5. The number of nitrogens with zero attached hydrogens (tertiary/aromatic N) is 1. The molecule has 5 heteroatoms. The molecular weight excluding hydrogens is 261 g/mol. The minimum Gasteiger partial charge on any atom is -0.444 e. The van der Waals surface area contributed by atoms with Crippen LogP contribution >= 0.6 is 0 Å². The van der Waals surface area contributed by atoms with Gasteiger partial charge < -0.3 is 4.74 Å². The molecule has 0 spiro atoms. The van der Waals surface area contributed by atoms with E-state index in [0.29, 0.717) is 6.42 Å². The molecule has 116 valence electrons. The molecule has 1 aliphatic rings. The van der Waals surface area contributed by atoms with Crippen molar-refractivity contribution in [3.63, 3.8) is 0 Å². The smallest absolute Gasteiger partial charge is 0.410 e. The Morgan fingerprint density at radius 2 is 2.05 bits per heavy atom. The van der Waals surface area contributed by atoms with Gasteiger partial charge in [0.25, 0.3) is 0 Å². The average molecular weight is 287 g/mol. The number of unbranched alkanes of at least 4 members (excludes halogenated alkanes) is 1. The summed E-state index contributed by atoms with van der Waals surface area (Å²) in [7, 11) is 0. The number of ether oxygens (including phenoxy) is 1. The van der Waals surface area contributed by atoms with E-state index in [1.807, 2.05) is 6.92 Å². The third-order valence-electron chi connectivity index (χ3n) is 3.43. The highest BCUT2D eigenvalue weighted by atomic mass is 19.1. The number of hydrogen-bond acceptors (Lipinski definition) is 3. The fourth-order valence-corrected chi connectivity index (χ4v) is 2.51. The molecule has 0 aromatic rings. The van der Waals surface area contributed by atoms with Crippen molar-refractivity contribution in [1.82, 2.24) is 4.90 Å². The molecule has 0 radical (unpaired) electrons. The number of halogens is 1. The average Bonchev–Trinajstić information content (AvgIpc) is 2.29. The van der Waals surface area contributed by atoms with Gasteiger partial charge in [0.2, 0.25) is 0 Å². The van der Waals surface area contributed by atoms with Crippen LogP contribution in [0.1, 0.15) is 60.3 Å². The molecule has 0 aliphatic carbocycles. The van der Waals surface area contributed by atoms with Gasteiger partial charge in [0.05, 0.1) is 6.04 Å². The van der Waals surface area contributed by atoms with Crippen LogP contribution in [0.3, 0.4) is 0 Å². The van der Waals surface area contributed by atoms with Gasteiger partial charge in [0.15, 0.2) is 12.0 Å². The van der Waals surface area contributed by atoms with Crippen LogP contribution < -0.4 is 0 Å². The van der Waals surface area contributed by atoms with E-state index < -0.39 is 29.7 Å². The van der Waals surface area contributed by atoms with E-state index in [4.69, 9.17) is 4.74 Å². The molecule has 0 N–H and O–H groups in total. The van der Waals surface area contributed by atoms with Crippen LogP contribution in [0.2, 0.25) is 0 Å². The van der Waals surface area contributed by atoms with Crippen molar-refractivity contribution in [3.8, 4) is 0 Å². The Morgan fingerprint density at radius 3 is 2.55 bits per heavy atom. The van der Waals surface area contributed by atoms with E-state index in [1.54, 1.807) is 27.7 Å². The molecule has 1 rings (SSSR count). The summed E-state index contributed by atoms with van der Waals surface area (Å²) in [5.74, 6) is -0.404. The lowest BCUT2D eigenvalue weighted by Gasteiger charge is -2.42. The lowest BCUT2D eigenvalue weighted by molar-refractivity contribution is -0.132. The molecule has 3 atom stereocenters. The highest BCUT2D eigenvalue weighted by Crippen LogP contribution is 2.28. The van der Waals surface area contributed by atoms with Gasteiger partial charge >= 0.3 is 6.09 Å². The van der Waals surface area contributed by atoms with Crippen LogP contribution in [0.15, 0.2) is 0 Å². The topological polar surface area (TPSA) is 46.6 Å². The molecule has 1 fully saturated rings.